The lowest BCUT2D eigenvalue weighted by Crippen LogP contribution is -2.33. The van der Waals surface area contributed by atoms with Crippen molar-refractivity contribution in [3.05, 3.63) is 23.5 Å². The van der Waals surface area contributed by atoms with E-state index in [1.54, 1.807) is 12.3 Å². The molecule has 1 fully saturated rings. The van der Waals surface area contributed by atoms with Gasteiger partial charge in [-0.15, -0.1) is 0 Å². The highest BCUT2D eigenvalue weighted by Gasteiger charge is 2.20. The van der Waals surface area contributed by atoms with Crippen LogP contribution in [-0.2, 0) is 4.74 Å². The quantitative estimate of drug-likeness (QED) is 0.693. The van der Waals surface area contributed by atoms with Gasteiger partial charge in [-0.05, 0) is 18.6 Å². The van der Waals surface area contributed by atoms with Crippen LogP contribution in [0.5, 0.6) is 5.75 Å². The molecule has 1 aromatic heterocycles. The van der Waals surface area contributed by atoms with E-state index in [-0.39, 0.29) is 11.9 Å². The normalized spacial score (nSPS) is 22.2. The lowest BCUT2D eigenvalue weighted by atomic mass is 10.1. The molecule has 0 spiro atoms. The molecule has 4 heteroatoms. The zero-order chi connectivity index (χ0) is 9.97. The standard InChI is InChI=1S/C10H14N2O2/c1-7-4-8(13)10(12-5-7)9-6-11-2-3-14-9/h4-5,9,11,13H,2-3,6H2,1H3. The fourth-order valence-corrected chi connectivity index (χ4v) is 1.55. The number of aryl methyl sites for hydroxylation is 1. The molecule has 0 aliphatic carbocycles. The minimum atomic E-state index is -0.121. The van der Waals surface area contributed by atoms with Crippen LogP contribution in [0, 0.1) is 6.92 Å². The van der Waals surface area contributed by atoms with E-state index < -0.39 is 0 Å². The number of morpholine rings is 1. The van der Waals surface area contributed by atoms with Crippen LogP contribution >= 0.6 is 0 Å². The molecule has 1 saturated heterocycles. The highest BCUT2D eigenvalue weighted by atomic mass is 16.5. The number of aromatic nitrogens is 1. The molecule has 2 rings (SSSR count). The first kappa shape index (κ1) is 9.43. The summed E-state index contributed by atoms with van der Waals surface area (Å²) < 4.78 is 5.50. The van der Waals surface area contributed by atoms with Crippen LogP contribution in [0.2, 0.25) is 0 Å². The monoisotopic (exact) mass is 194 g/mol. The SMILES string of the molecule is Cc1cnc(C2CNCCO2)c(O)c1. The highest BCUT2D eigenvalue weighted by Crippen LogP contribution is 2.25. The second-order valence-electron chi connectivity index (χ2n) is 3.48. The lowest BCUT2D eigenvalue weighted by Gasteiger charge is -2.23. The second kappa shape index (κ2) is 3.94. The molecule has 4 nitrogen and oxygen atoms in total. The molecule has 0 radical (unpaired) electrons. The average Bonchev–Trinajstić information content (AvgIpc) is 2.19. The summed E-state index contributed by atoms with van der Waals surface area (Å²) in [6.07, 6.45) is 1.62. The van der Waals surface area contributed by atoms with Crippen LogP contribution in [-0.4, -0.2) is 29.8 Å². The van der Waals surface area contributed by atoms with Gasteiger partial charge in [0.15, 0.2) is 0 Å². The van der Waals surface area contributed by atoms with Gasteiger partial charge in [0.25, 0.3) is 0 Å². The van der Waals surface area contributed by atoms with Gasteiger partial charge < -0.3 is 15.2 Å². The van der Waals surface area contributed by atoms with Crippen LogP contribution in [0.15, 0.2) is 12.3 Å². The first-order chi connectivity index (χ1) is 6.77. The molecule has 0 bridgehead atoms. The van der Waals surface area contributed by atoms with Crippen LogP contribution in [0.3, 0.4) is 0 Å². The molecule has 1 atom stereocenters. The van der Waals surface area contributed by atoms with Gasteiger partial charge in [-0.25, -0.2) is 0 Å². The van der Waals surface area contributed by atoms with Crippen molar-refractivity contribution in [1.82, 2.24) is 10.3 Å². The van der Waals surface area contributed by atoms with E-state index in [1.807, 2.05) is 6.92 Å². The van der Waals surface area contributed by atoms with Gasteiger partial charge in [-0.3, -0.25) is 4.98 Å². The molecule has 2 heterocycles. The largest absolute Gasteiger partial charge is 0.506 e. The minimum Gasteiger partial charge on any atom is -0.506 e. The van der Waals surface area contributed by atoms with Gasteiger partial charge in [-0.1, -0.05) is 0 Å². The average molecular weight is 194 g/mol. The van der Waals surface area contributed by atoms with Gasteiger partial charge in [0.05, 0.1) is 6.61 Å². The number of hydrogen-bond donors (Lipinski definition) is 2. The number of rotatable bonds is 1. The Hall–Kier alpha value is -1.13. The summed E-state index contributed by atoms with van der Waals surface area (Å²) in [5, 5.41) is 12.9. The van der Waals surface area contributed by atoms with Crippen molar-refractivity contribution in [2.75, 3.05) is 19.7 Å². The highest BCUT2D eigenvalue weighted by molar-refractivity contribution is 5.31. The Morgan fingerprint density at radius 2 is 2.50 bits per heavy atom. The van der Waals surface area contributed by atoms with Crippen molar-refractivity contribution in [2.24, 2.45) is 0 Å². The summed E-state index contributed by atoms with van der Waals surface area (Å²) in [6.45, 7) is 4.14. The number of pyridine rings is 1. The van der Waals surface area contributed by atoms with Crippen molar-refractivity contribution in [3.8, 4) is 5.75 Å². The molecule has 1 aromatic rings. The zero-order valence-corrected chi connectivity index (χ0v) is 8.16. The number of nitrogens with one attached hydrogen (secondary N) is 1. The van der Waals surface area contributed by atoms with Crippen molar-refractivity contribution in [3.63, 3.8) is 0 Å². The molecule has 0 amide bonds. The molecule has 0 aromatic carbocycles. The van der Waals surface area contributed by atoms with Crippen LogP contribution in [0.25, 0.3) is 0 Å². The van der Waals surface area contributed by atoms with Crippen molar-refractivity contribution in [1.29, 1.82) is 0 Å². The lowest BCUT2D eigenvalue weighted by molar-refractivity contribution is 0.0235. The molecule has 76 valence electrons. The Balaban J connectivity index is 2.22. The summed E-state index contributed by atoms with van der Waals surface area (Å²) in [7, 11) is 0. The van der Waals surface area contributed by atoms with E-state index in [4.69, 9.17) is 4.74 Å². The maximum absolute atomic E-state index is 9.67. The molecule has 1 aliphatic heterocycles. The molecule has 2 N–H and O–H groups in total. The number of hydrogen-bond acceptors (Lipinski definition) is 4. The van der Waals surface area contributed by atoms with E-state index in [0.29, 0.717) is 18.8 Å². The fourth-order valence-electron chi connectivity index (χ4n) is 1.55. The molecular weight excluding hydrogens is 180 g/mol. The summed E-state index contributed by atoms with van der Waals surface area (Å²) in [4.78, 5) is 4.19. The van der Waals surface area contributed by atoms with Gasteiger partial charge in [-0.2, -0.15) is 0 Å². The Morgan fingerprint density at radius 1 is 1.64 bits per heavy atom. The molecule has 14 heavy (non-hydrogen) atoms. The van der Waals surface area contributed by atoms with Crippen molar-refractivity contribution in [2.45, 2.75) is 13.0 Å². The van der Waals surface area contributed by atoms with E-state index in [9.17, 15) is 5.11 Å². The Morgan fingerprint density at radius 3 is 3.14 bits per heavy atom. The third-order valence-electron chi connectivity index (χ3n) is 2.27. The van der Waals surface area contributed by atoms with Gasteiger partial charge in [0, 0.05) is 19.3 Å². The van der Waals surface area contributed by atoms with E-state index >= 15 is 0 Å². The van der Waals surface area contributed by atoms with Gasteiger partial charge in [0.1, 0.15) is 17.5 Å². The van der Waals surface area contributed by atoms with Gasteiger partial charge >= 0.3 is 0 Å². The Labute approximate surface area is 82.9 Å². The predicted molar refractivity (Wildman–Crippen MR) is 52.2 cm³/mol. The predicted octanol–water partition coefficient (Wildman–Crippen LogP) is 0.757. The maximum atomic E-state index is 9.67. The molecule has 1 unspecified atom stereocenters. The smallest absolute Gasteiger partial charge is 0.140 e. The summed E-state index contributed by atoms with van der Waals surface area (Å²) in [5.41, 5.74) is 1.58. The van der Waals surface area contributed by atoms with Crippen molar-refractivity contribution < 1.29 is 9.84 Å². The summed E-state index contributed by atoms with van der Waals surface area (Å²) in [6, 6.07) is 1.71. The second-order valence-corrected chi connectivity index (χ2v) is 3.48. The van der Waals surface area contributed by atoms with Crippen LogP contribution in [0.4, 0.5) is 0 Å². The third-order valence-corrected chi connectivity index (χ3v) is 2.27. The maximum Gasteiger partial charge on any atom is 0.140 e. The van der Waals surface area contributed by atoms with Gasteiger partial charge in [0.2, 0.25) is 0 Å². The Bertz CT molecular complexity index is 322. The topological polar surface area (TPSA) is 54.4 Å². The van der Waals surface area contributed by atoms with Crippen LogP contribution < -0.4 is 5.32 Å². The molecule has 1 aliphatic rings. The first-order valence-corrected chi connectivity index (χ1v) is 4.75. The van der Waals surface area contributed by atoms with E-state index in [0.717, 1.165) is 12.1 Å². The first-order valence-electron chi connectivity index (χ1n) is 4.75. The number of nitrogens with zero attached hydrogens (tertiary/aromatic N) is 1. The van der Waals surface area contributed by atoms with Crippen molar-refractivity contribution >= 4 is 0 Å². The van der Waals surface area contributed by atoms with E-state index in [2.05, 4.69) is 10.3 Å². The van der Waals surface area contributed by atoms with Crippen LogP contribution in [0.1, 0.15) is 17.4 Å². The summed E-state index contributed by atoms with van der Waals surface area (Å²) in [5.74, 6) is 0.221. The number of ether oxygens (including phenoxy) is 1. The number of aromatic hydroxyl groups is 1. The zero-order valence-electron chi connectivity index (χ0n) is 8.16. The van der Waals surface area contributed by atoms with E-state index in [1.165, 1.54) is 0 Å². The molecule has 0 saturated carbocycles. The fraction of sp³-hybridized carbons (Fsp3) is 0.500. The third kappa shape index (κ3) is 1.86. The summed E-state index contributed by atoms with van der Waals surface area (Å²) >= 11 is 0. The minimum absolute atomic E-state index is 0.121. The molecular formula is C10H14N2O2. The Kier molecular flexibility index (Phi) is 2.65.